The zero-order valence-electron chi connectivity index (χ0n) is 15.0. The molecule has 1 amide bonds. The van der Waals surface area contributed by atoms with Crippen molar-refractivity contribution in [3.8, 4) is 17.6 Å². The summed E-state index contributed by atoms with van der Waals surface area (Å²) in [6.45, 7) is 3.37. The van der Waals surface area contributed by atoms with Crippen molar-refractivity contribution in [1.29, 1.82) is 5.26 Å². The van der Waals surface area contributed by atoms with Crippen LogP contribution in [-0.2, 0) is 0 Å². The third-order valence-electron chi connectivity index (χ3n) is 4.93. The fraction of sp³-hybridized carbons (Fsp3) is 0.400. The zero-order chi connectivity index (χ0) is 18.6. The molecule has 4 rings (SSSR count). The lowest BCUT2D eigenvalue weighted by molar-refractivity contribution is 0.0755. The number of nitrogens with zero attached hydrogens (tertiary/aromatic N) is 5. The van der Waals surface area contributed by atoms with Gasteiger partial charge in [0.05, 0.1) is 6.20 Å². The van der Waals surface area contributed by atoms with Crippen LogP contribution in [0.25, 0.3) is 0 Å². The van der Waals surface area contributed by atoms with Crippen LogP contribution in [0.1, 0.15) is 35.4 Å². The van der Waals surface area contributed by atoms with Gasteiger partial charge in [0.2, 0.25) is 0 Å². The van der Waals surface area contributed by atoms with Crippen LogP contribution in [0.2, 0.25) is 0 Å². The van der Waals surface area contributed by atoms with E-state index in [4.69, 9.17) is 4.74 Å². The normalized spacial score (nSPS) is 17.8. The summed E-state index contributed by atoms with van der Waals surface area (Å²) < 4.78 is 5.67. The van der Waals surface area contributed by atoms with Gasteiger partial charge in [-0.25, -0.2) is 4.98 Å². The fourth-order valence-electron chi connectivity index (χ4n) is 3.37. The van der Waals surface area contributed by atoms with Crippen molar-refractivity contribution >= 4 is 5.91 Å². The second-order valence-corrected chi connectivity index (χ2v) is 6.86. The smallest absolute Gasteiger partial charge is 0.272 e. The number of aromatic nitrogens is 2. The highest BCUT2D eigenvalue weighted by molar-refractivity contribution is 5.92. The van der Waals surface area contributed by atoms with Gasteiger partial charge in [-0.15, -0.1) is 0 Å². The number of carbonyl (C=O) groups is 1. The average molecular weight is 363 g/mol. The lowest BCUT2D eigenvalue weighted by atomic mass is 10.2. The number of hydrogen-bond acceptors (Lipinski definition) is 6. The van der Waals surface area contributed by atoms with Crippen LogP contribution in [0.15, 0.2) is 36.7 Å². The Bertz CT molecular complexity index is 860. The van der Waals surface area contributed by atoms with Crippen LogP contribution >= 0.6 is 0 Å². The minimum Gasteiger partial charge on any atom is -0.453 e. The van der Waals surface area contributed by atoms with Gasteiger partial charge < -0.3 is 9.64 Å². The Kier molecular flexibility index (Phi) is 4.99. The molecular weight excluding hydrogens is 342 g/mol. The SMILES string of the molecule is N#Cc1nc(C(=O)N2CCCN(C3CC3)CC2)ccc1Oc1cccnc1. The Morgan fingerprint density at radius 3 is 2.81 bits per heavy atom. The molecule has 7 heteroatoms. The van der Waals surface area contributed by atoms with Crippen LogP contribution in [0.5, 0.6) is 11.5 Å². The largest absolute Gasteiger partial charge is 0.453 e. The number of amides is 1. The molecule has 0 aromatic carbocycles. The molecule has 0 bridgehead atoms. The molecular formula is C20H21N5O2. The zero-order valence-corrected chi connectivity index (χ0v) is 15.0. The number of carbonyl (C=O) groups excluding carboxylic acids is 1. The van der Waals surface area contributed by atoms with Crippen LogP contribution < -0.4 is 4.74 Å². The minimum atomic E-state index is -0.128. The summed E-state index contributed by atoms with van der Waals surface area (Å²) in [6.07, 6.45) is 6.72. The average Bonchev–Trinajstić information content (AvgIpc) is 3.55. The summed E-state index contributed by atoms with van der Waals surface area (Å²) in [7, 11) is 0. The van der Waals surface area contributed by atoms with Crippen molar-refractivity contribution in [3.63, 3.8) is 0 Å². The second kappa shape index (κ2) is 7.72. The molecule has 0 radical (unpaired) electrons. The van der Waals surface area contributed by atoms with Crippen LogP contribution in [-0.4, -0.2) is 57.9 Å². The number of ether oxygens (including phenoxy) is 1. The molecule has 0 atom stereocenters. The molecule has 0 unspecified atom stereocenters. The van der Waals surface area contributed by atoms with Crippen LogP contribution in [0.4, 0.5) is 0 Å². The maximum atomic E-state index is 12.9. The lowest BCUT2D eigenvalue weighted by Crippen LogP contribution is -2.36. The van der Waals surface area contributed by atoms with E-state index in [0.29, 0.717) is 24.1 Å². The number of nitriles is 1. The first-order valence-electron chi connectivity index (χ1n) is 9.27. The van der Waals surface area contributed by atoms with Gasteiger partial charge in [0.15, 0.2) is 11.4 Å². The quantitative estimate of drug-likeness (QED) is 0.830. The second-order valence-electron chi connectivity index (χ2n) is 6.86. The van der Waals surface area contributed by atoms with Gasteiger partial charge >= 0.3 is 0 Å². The molecule has 2 aromatic heterocycles. The molecule has 1 aliphatic heterocycles. The van der Waals surface area contributed by atoms with Crippen LogP contribution in [0.3, 0.4) is 0 Å². The molecule has 7 nitrogen and oxygen atoms in total. The van der Waals surface area contributed by atoms with Crippen molar-refractivity contribution in [1.82, 2.24) is 19.8 Å². The van der Waals surface area contributed by atoms with Gasteiger partial charge in [0.25, 0.3) is 5.91 Å². The van der Waals surface area contributed by atoms with E-state index in [9.17, 15) is 10.1 Å². The Balaban J connectivity index is 1.48. The molecule has 2 fully saturated rings. The lowest BCUT2D eigenvalue weighted by Gasteiger charge is -2.21. The summed E-state index contributed by atoms with van der Waals surface area (Å²) in [5, 5.41) is 9.42. The molecule has 27 heavy (non-hydrogen) atoms. The van der Waals surface area contributed by atoms with Gasteiger partial charge in [-0.3, -0.25) is 14.7 Å². The molecule has 3 heterocycles. The predicted octanol–water partition coefficient (Wildman–Crippen LogP) is 2.45. The van der Waals surface area contributed by atoms with Crippen molar-refractivity contribution in [2.24, 2.45) is 0 Å². The van der Waals surface area contributed by atoms with E-state index in [1.807, 2.05) is 11.0 Å². The van der Waals surface area contributed by atoms with E-state index in [2.05, 4.69) is 14.9 Å². The standard InChI is InChI=1S/C20H21N5O2/c21-13-18-19(27-16-3-1-8-22-14-16)7-6-17(23-18)20(26)25-10-2-9-24(11-12-25)15-4-5-15/h1,3,6-8,14-15H,2,4-5,9-12H2. The van der Waals surface area contributed by atoms with Gasteiger partial charge in [0.1, 0.15) is 17.5 Å². The van der Waals surface area contributed by atoms with Crippen molar-refractivity contribution in [2.75, 3.05) is 26.2 Å². The first kappa shape index (κ1) is 17.4. The molecule has 1 aliphatic carbocycles. The van der Waals surface area contributed by atoms with E-state index in [1.54, 1.807) is 36.7 Å². The highest BCUT2D eigenvalue weighted by Crippen LogP contribution is 2.28. The molecule has 0 N–H and O–H groups in total. The van der Waals surface area contributed by atoms with E-state index >= 15 is 0 Å². The number of pyridine rings is 2. The van der Waals surface area contributed by atoms with Crippen molar-refractivity contribution in [3.05, 3.63) is 48.0 Å². The molecule has 2 aromatic rings. The highest BCUT2D eigenvalue weighted by atomic mass is 16.5. The monoisotopic (exact) mass is 363 g/mol. The van der Waals surface area contributed by atoms with E-state index in [-0.39, 0.29) is 17.3 Å². The third kappa shape index (κ3) is 4.07. The third-order valence-corrected chi connectivity index (χ3v) is 4.93. The Morgan fingerprint density at radius 2 is 2.07 bits per heavy atom. The van der Waals surface area contributed by atoms with Gasteiger partial charge in [-0.1, -0.05) is 0 Å². The maximum absolute atomic E-state index is 12.9. The topological polar surface area (TPSA) is 82.4 Å². The minimum absolute atomic E-state index is 0.0964. The van der Waals surface area contributed by atoms with Gasteiger partial charge in [-0.2, -0.15) is 5.26 Å². The summed E-state index contributed by atoms with van der Waals surface area (Å²) in [4.78, 5) is 25.4. The van der Waals surface area contributed by atoms with E-state index < -0.39 is 0 Å². The predicted molar refractivity (Wildman–Crippen MR) is 98.4 cm³/mol. The van der Waals surface area contributed by atoms with Crippen molar-refractivity contribution < 1.29 is 9.53 Å². The van der Waals surface area contributed by atoms with Crippen molar-refractivity contribution in [2.45, 2.75) is 25.3 Å². The molecule has 138 valence electrons. The summed E-state index contributed by atoms with van der Waals surface area (Å²) in [6, 6.07) is 9.48. The molecule has 1 saturated carbocycles. The molecule has 1 saturated heterocycles. The molecule has 2 aliphatic rings. The first-order chi connectivity index (χ1) is 13.2. The Labute approximate surface area is 158 Å². The highest BCUT2D eigenvalue weighted by Gasteiger charge is 2.31. The maximum Gasteiger partial charge on any atom is 0.272 e. The number of rotatable bonds is 4. The molecule has 0 spiro atoms. The first-order valence-corrected chi connectivity index (χ1v) is 9.27. The summed E-state index contributed by atoms with van der Waals surface area (Å²) >= 11 is 0. The Morgan fingerprint density at radius 1 is 1.19 bits per heavy atom. The number of hydrogen-bond donors (Lipinski definition) is 0. The summed E-state index contributed by atoms with van der Waals surface area (Å²) in [5.41, 5.74) is 0.379. The van der Waals surface area contributed by atoms with E-state index in [0.717, 1.165) is 26.1 Å². The van der Waals surface area contributed by atoms with Gasteiger partial charge in [-0.05, 0) is 43.5 Å². The van der Waals surface area contributed by atoms with Crippen LogP contribution in [0, 0.1) is 11.3 Å². The fourth-order valence-corrected chi connectivity index (χ4v) is 3.37. The Hall–Kier alpha value is -2.98. The van der Waals surface area contributed by atoms with Gasteiger partial charge in [0, 0.05) is 38.4 Å². The van der Waals surface area contributed by atoms with E-state index in [1.165, 1.54) is 12.8 Å². The summed E-state index contributed by atoms with van der Waals surface area (Å²) in [5.74, 6) is 0.706.